The van der Waals surface area contributed by atoms with Crippen LogP contribution in [0.3, 0.4) is 0 Å². The van der Waals surface area contributed by atoms with Crippen LogP contribution in [-0.4, -0.2) is 37.1 Å². The Morgan fingerprint density at radius 1 is 0.966 bits per heavy atom. The Kier molecular flexibility index (Phi) is 7.94. The monoisotopic (exact) mass is 396 g/mol. The fourth-order valence-electron chi connectivity index (χ4n) is 3.73. The molecule has 0 spiro atoms. The number of amides is 1. The molecule has 2 aromatic rings. The number of carbonyl (C=O) groups excluding carboxylic acids is 1. The molecule has 0 aromatic heterocycles. The van der Waals surface area contributed by atoms with Gasteiger partial charge in [0.2, 0.25) is 5.91 Å². The molecule has 0 bridgehead atoms. The third-order valence-corrected chi connectivity index (χ3v) is 5.28. The van der Waals surface area contributed by atoms with Crippen molar-refractivity contribution < 1.29 is 14.3 Å². The number of nitrogens with zero attached hydrogens (tertiary/aromatic N) is 1. The summed E-state index contributed by atoms with van der Waals surface area (Å²) in [5.41, 5.74) is 2.35. The zero-order valence-corrected chi connectivity index (χ0v) is 17.5. The Balaban J connectivity index is 1.47. The van der Waals surface area contributed by atoms with Gasteiger partial charge in [0.25, 0.3) is 0 Å². The van der Waals surface area contributed by atoms with Crippen LogP contribution in [0.5, 0.6) is 11.5 Å². The number of nitrogens with one attached hydrogen (secondary N) is 1. The zero-order valence-electron chi connectivity index (χ0n) is 17.5. The summed E-state index contributed by atoms with van der Waals surface area (Å²) in [7, 11) is 0. The summed E-state index contributed by atoms with van der Waals surface area (Å²) in [6.07, 6.45) is 1.82. The van der Waals surface area contributed by atoms with Crippen LogP contribution >= 0.6 is 0 Å². The molecule has 0 unspecified atom stereocenters. The second-order valence-electron chi connectivity index (χ2n) is 7.40. The van der Waals surface area contributed by atoms with Gasteiger partial charge in [-0.05, 0) is 63.0 Å². The van der Waals surface area contributed by atoms with Crippen LogP contribution in [0.4, 0.5) is 0 Å². The molecular formula is C24H32N2O3. The smallest absolute Gasteiger partial charge is 0.223 e. The van der Waals surface area contributed by atoms with Gasteiger partial charge in [-0.25, -0.2) is 0 Å². The van der Waals surface area contributed by atoms with Gasteiger partial charge in [-0.2, -0.15) is 0 Å². The molecule has 1 fully saturated rings. The maximum absolute atomic E-state index is 12.6. The Hall–Kier alpha value is -2.53. The highest BCUT2D eigenvalue weighted by Crippen LogP contribution is 2.28. The number of benzene rings is 2. The summed E-state index contributed by atoms with van der Waals surface area (Å²) in [5.74, 6) is 1.72. The fraction of sp³-hybridized carbons (Fsp3) is 0.458. The molecule has 1 amide bonds. The third-order valence-electron chi connectivity index (χ3n) is 5.28. The Bertz CT molecular complexity index is 771. The van der Waals surface area contributed by atoms with Crippen molar-refractivity contribution in [2.24, 2.45) is 5.92 Å². The van der Waals surface area contributed by atoms with Gasteiger partial charge in [0.05, 0.1) is 13.2 Å². The maximum Gasteiger partial charge on any atom is 0.223 e. The van der Waals surface area contributed by atoms with Crippen molar-refractivity contribution in [2.45, 2.75) is 39.8 Å². The van der Waals surface area contributed by atoms with Gasteiger partial charge in [0.15, 0.2) is 11.5 Å². The van der Waals surface area contributed by atoms with Crippen LogP contribution < -0.4 is 14.8 Å². The normalized spacial score (nSPS) is 15.1. The first-order chi connectivity index (χ1) is 14.2. The molecule has 2 aromatic carbocycles. The number of rotatable bonds is 9. The molecule has 0 atom stereocenters. The number of likely N-dealkylation sites (tertiary alicyclic amines) is 1. The van der Waals surface area contributed by atoms with Crippen LogP contribution in [0.1, 0.15) is 37.8 Å². The molecule has 156 valence electrons. The minimum Gasteiger partial charge on any atom is -0.490 e. The van der Waals surface area contributed by atoms with Crippen LogP contribution in [0, 0.1) is 5.92 Å². The minimum absolute atomic E-state index is 0.0936. The number of ether oxygens (including phenoxy) is 2. The number of piperidine rings is 1. The lowest BCUT2D eigenvalue weighted by Gasteiger charge is -2.31. The second kappa shape index (κ2) is 10.9. The van der Waals surface area contributed by atoms with Gasteiger partial charge < -0.3 is 14.8 Å². The first-order valence-electron chi connectivity index (χ1n) is 10.6. The van der Waals surface area contributed by atoms with E-state index in [9.17, 15) is 4.79 Å². The number of hydrogen-bond acceptors (Lipinski definition) is 4. The average molecular weight is 397 g/mol. The molecule has 0 aliphatic carbocycles. The lowest BCUT2D eigenvalue weighted by molar-refractivity contribution is -0.126. The van der Waals surface area contributed by atoms with Gasteiger partial charge in [0, 0.05) is 19.0 Å². The summed E-state index contributed by atoms with van der Waals surface area (Å²) >= 11 is 0. The van der Waals surface area contributed by atoms with Crippen molar-refractivity contribution in [3.63, 3.8) is 0 Å². The van der Waals surface area contributed by atoms with Crippen molar-refractivity contribution in [1.29, 1.82) is 0 Å². The van der Waals surface area contributed by atoms with E-state index >= 15 is 0 Å². The van der Waals surface area contributed by atoms with E-state index < -0.39 is 0 Å². The maximum atomic E-state index is 12.6. The number of hydrogen-bond donors (Lipinski definition) is 1. The van der Waals surface area contributed by atoms with Crippen LogP contribution in [0.2, 0.25) is 0 Å². The topological polar surface area (TPSA) is 50.8 Å². The van der Waals surface area contributed by atoms with Gasteiger partial charge in [-0.15, -0.1) is 0 Å². The van der Waals surface area contributed by atoms with Crippen LogP contribution in [-0.2, 0) is 17.9 Å². The summed E-state index contributed by atoms with van der Waals surface area (Å²) in [6.45, 7) is 8.48. The molecule has 1 N–H and O–H groups in total. The van der Waals surface area contributed by atoms with Crippen LogP contribution in [0.15, 0.2) is 48.5 Å². The van der Waals surface area contributed by atoms with E-state index in [2.05, 4.69) is 34.5 Å². The van der Waals surface area contributed by atoms with Crippen molar-refractivity contribution in [2.75, 3.05) is 26.3 Å². The van der Waals surface area contributed by atoms with Crippen molar-refractivity contribution >= 4 is 5.91 Å². The van der Waals surface area contributed by atoms with Crippen molar-refractivity contribution in [3.05, 3.63) is 59.7 Å². The molecular weight excluding hydrogens is 364 g/mol. The zero-order chi connectivity index (χ0) is 20.5. The predicted octanol–water partition coefficient (Wildman–Crippen LogP) is 4.01. The molecule has 1 aliphatic heterocycles. The predicted molar refractivity (Wildman–Crippen MR) is 115 cm³/mol. The summed E-state index contributed by atoms with van der Waals surface area (Å²) in [6, 6.07) is 16.4. The molecule has 29 heavy (non-hydrogen) atoms. The summed E-state index contributed by atoms with van der Waals surface area (Å²) in [4.78, 5) is 15.1. The molecule has 1 saturated heterocycles. The highest BCUT2D eigenvalue weighted by Gasteiger charge is 2.24. The molecule has 0 saturated carbocycles. The van der Waals surface area contributed by atoms with Gasteiger partial charge in [0.1, 0.15) is 0 Å². The minimum atomic E-state index is 0.0936. The molecule has 0 radical (unpaired) electrons. The highest BCUT2D eigenvalue weighted by atomic mass is 16.5. The van der Waals surface area contributed by atoms with E-state index in [-0.39, 0.29) is 11.8 Å². The lowest BCUT2D eigenvalue weighted by atomic mass is 9.95. The SMILES string of the molecule is CCOc1ccc(CNC(=O)C2CCN(Cc3ccccc3)CC2)cc1OCC. The largest absolute Gasteiger partial charge is 0.490 e. The van der Waals surface area contributed by atoms with Gasteiger partial charge >= 0.3 is 0 Å². The van der Waals surface area contributed by atoms with E-state index in [0.717, 1.165) is 49.5 Å². The summed E-state index contributed by atoms with van der Waals surface area (Å²) < 4.78 is 11.3. The van der Waals surface area contributed by atoms with E-state index in [1.165, 1.54) is 5.56 Å². The first-order valence-corrected chi connectivity index (χ1v) is 10.6. The first kappa shape index (κ1) is 21.2. The standard InChI is InChI=1S/C24H32N2O3/c1-3-28-22-11-10-20(16-23(22)29-4-2)17-25-24(27)21-12-14-26(15-13-21)18-19-8-6-5-7-9-19/h5-11,16,21H,3-4,12-15,17-18H2,1-2H3,(H,25,27). The Morgan fingerprint density at radius 2 is 1.66 bits per heavy atom. The van der Waals surface area contributed by atoms with Crippen LogP contribution in [0.25, 0.3) is 0 Å². The number of carbonyl (C=O) groups is 1. The van der Waals surface area contributed by atoms with Gasteiger partial charge in [-0.3, -0.25) is 9.69 Å². The lowest BCUT2D eigenvalue weighted by Crippen LogP contribution is -2.40. The van der Waals surface area contributed by atoms with Gasteiger partial charge in [-0.1, -0.05) is 36.4 Å². The molecule has 1 aliphatic rings. The van der Waals surface area contributed by atoms with E-state index in [0.29, 0.717) is 19.8 Å². The molecule has 5 heteroatoms. The summed E-state index contributed by atoms with van der Waals surface area (Å²) in [5, 5.41) is 3.10. The molecule has 1 heterocycles. The van der Waals surface area contributed by atoms with E-state index in [4.69, 9.17) is 9.47 Å². The Morgan fingerprint density at radius 3 is 2.34 bits per heavy atom. The quantitative estimate of drug-likeness (QED) is 0.696. The average Bonchev–Trinajstić information content (AvgIpc) is 2.75. The second-order valence-corrected chi connectivity index (χ2v) is 7.40. The van der Waals surface area contributed by atoms with Crippen molar-refractivity contribution in [1.82, 2.24) is 10.2 Å². The molecule has 5 nitrogen and oxygen atoms in total. The van der Waals surface area contributed by atoms with E-state index in [1.807, 2.05) is 38.1 Å². The molecule has 3 rings (SSSR count). The highest BCUT2D eigenvalue weighted by molar-refractivity contribution is 5.78. The third kappa shape index (κ3) is 6.23. The van der Waals surface area contributed by atoms with Crippen molar-refractivity contribution in [3.8, 4) is 11.5 Å². The Labute approximate surface area is 174 Å². The van der Waals surface area contributed by atoms with E-state index in [1.54, 1.807) is 0 Å². The fourth-order valence-corrected chi connectivity index (χ4v) is 3.73.